The van der Waals surface area contributed by atoms with E-state index in [0.29, 0.717) is 39.3 Å². The lowest BCUT2D eigenvalue weighted by Gasteiger charge is -2.08. The fraction of sp³-hybridized carbons (Fsp3) is 0.250. The molecular formula is C16H15Cl2N3O2. The third-order valence-electron chi connectivity index (χ3n) is 3.52. The Bertz CT molecular complexity index is 810. The predicted octanol–water partition coefficient (Wildman–Crippen LogP) is 4.20. The first-order chi connectivity index (χ1) is 11.1. The molecule has 3 rings (SSSR count). The summed E-state index contributed by atoms with van der Waals surface area (Å²) in [5.74, 6) is 0.485. The Labute approximate surface area is 143 Å². The highest BCUT2D eigenvalue weighted by molar-refractivity contribution is 6.39. The Hall–Kier alpha value is -1.82. The van der Waals surface area contributed by atoms with Gasteiger partial charge in [0.05, 0.1) is 40.8 Å². The van der Waals surface area contributed by atoms with Crippen LogP contribution in [-0.2, 0) is 19.6 Å². The average Bonchev–Trinajstić information content (AvgIpc) is 3.01. The van der Waals surface area contributed by atoms with Crippen LogP contribution < -0.4 is 5.32 Å². The summed E-state index contributed by atoms with van der Waals surface area (Å²) in [4.78, 5) is 8.60. The van der Waals surface area contributed by atoms with E-state index in [9.17, 15) is 5.11 Å². The second-order valence-corrected chi connectivity index (χ2v) is 5.82. The maximum Gasteiger partial charge on any atom is 0.214 e. The molecule has 5 nitrogen and oxygen atoms in total. The molecule has 0 fully saturated rings. The smallest absolute Gasteiger partial charge is 0.214 e. The standard InChI is InChI=1S/C16H15Cl2N3O2/c1-2-9-5-10(6-20-13(9)8-22)19-7-14-21-15-11(17)3-4-12(18)16(15)23-14/h3-6,19,22H,2,7-8H2,1H3. The number of pyridine rings is 1. The highest BCUT2D eigenvalue weighted by Gasteiger charge is 2.12. The summed E-state index contributed by atoms with van der Waals surface area (Å²) in [5, 5.41) is 13.4. The van der Waals surface area contributed by atoms with Gasteiger partial charge in [-0.1, -0.05) is 30.1 Å². The summed E-state index contributed by atoms with van der Waals surface area (Å²) < 4.78 is 5.65. The van der Waals surface area contributed by atoms with Crippen LogP contribution in [0.1, 0.15) is 24.1 Å². The first-order valence-corrected chi connectivity index (χ1v) is 7.94. The highest BCUT2D eigenvalue weighted by atomic mass is 35.5. The van der Waals surface area contributed by atoms with Crippen LogP contribution in [0.4, 0.5) is 5.69 Å². The van der Waals surface area contributed by atoms with E-state index >= 15 is 0 Å². The molecule has 0 saturated heterocycles. The second-order valence-electron chi connectivity index (χ2n) is 5.01. The van der Waals surface area contributed by atoms with Crippen molar-refractivity contribution in [2.45, 2.75) is 26.5 Å². The van der Waals surface area contributed by atoms with Gasteiger partial charge in [-0.3, -0.25) is 4.98 Å². The topological polar surface area (TPSA) is 71.2 Å². The number of anilines is 1. The van der Waals surface area contributed by atoms with E-state index in [1.165, 1.54) is 0 Å². The van der Waals surface area contributed by atoms with Crippen LogP contribution in [0.5, 0.6) is 0 Å². The third kappa shape index (κ3) is 3.27. The fourth-order valence-electron chi connectivity index (χ4n) is 2.33. The van der Waals surface area contributed by atoms with E-state index in [4.69, 9.17) is 27.6 Å². The summed E-state index contributed by atoms with van der Waals surface area (Å²) in [6.45, 7) is 2.33. The Balaban J connectivity index is 1.81. The van der Waals surface area contributed by atoms with Gasteiger partial charge in [-0.05, 0) is 30.2 Å². The Morgan fingerprint density at radius 3 is 2.74 bits per heavy atom. The molecule has 2 aromatic heterocycles. The molecular weight excluding hydrogens is 337 g/mol. The number of aromatic nitrogens is 2. The van der Waals surface area contributed by atoms with Crippen LogP contribution in [0.25, 0.3) is 11.1 Å². The van der Waals surface area contributed by atoms with Gasteiger partial charge < -0.3 is 14.8 Å². The molecule has 2 N–H and O–H groups in total. The zero-order valence-electron chi connectivity index (χ0n) is 12.4. The van der Waals surface area contributed by atoms with Gasteiger partial charge in [0, 0.05) is 0 Å². The van der Waals surface area contributed by atoms with Crippen LogP contribution >= 0.6 is 23.2 Å². The van der Waals surface area contributed by atoms with Crippen LogP contribution in [0.3, 0.4) is 0 Å². The van der Waals surface area contributed by atoms with E-state index in [1.807, 2.05) is 13.0 Å². The molecule has 0 radical (unpaired) electrons. The zero-order valence-corrected chi connectivity index (χ0v) is 13.9. The van der Waals surface area contributed by atoms with Gasteiger partial charge >= 0.3 is 0 Å². The SMILES string of the molecule is CCc1cc(NCc2nc3c(Cl)ccc(Cl)c3o2)cnc1CO. The summed E-state index contributed by atoms with van der Waals surface area (Å²) >= 11 is 12.2. The number of aryl methyl sites for hydroxylation is 1. The lowest BCUT2D eigenvalue weighted by atomic mass is 10.1. The quantitative estimate of drug-likeness (QED) is 0.720. The molecule has 120 valence electrons. The molecule has 0 saturated carbocycles. The van der Waals surface area contributed by atoms with E-state index in [1.54, 1.807) is 18.3 Å². The summed E-state index contributed by atoms with van der Waals surface area (Å²) in [7, 11) is 0. The van der Waals surface area contributed by atoms with Gasteiger partial charge in [0.15, 0.2) is 5.58 Å². The van der Waals surface area contributed by atoms with Crippen molar-refractivity contribution in [3.63, 3.8) is 0 Å². The Morgan fingerprint density at radius 1 is 1.26 bits per heavy atom. The Kier molecular flexibility index (Phi) is 4.71. The lowest BCUT2D eigenvalue weighted by Crippen LogP contribution is -2.03. The highest BCUT2D eigenvalue weighted by Crippen LogP contribution is 2.30. The molecule has 0 bridgehead atoms. The molecule has 0 unspecified atom stereocenters. The third-order valence-corrected chi connectivity index (χ3v) is 4.13. The number of hydrogen-bond donors (Lipinski definition) is 2. The summed E-state index contributed by atoms with van der Waals surface area (Å²) in [5.41, 5.74) is 3.57. The van der Waals surface area contributed by atoms with Crippen molar-refractivity contribution in [1.82, 2.24) is 9.97 Å². The molecule has 0 aliphatic heterocycles. The van der Waals surface area contributed by atoms with Gasteiger partial charge in [0.1, 0.15) is 5.52 Å². The molecule has 23 heavy (non-hydrogen) atoms. The van der Waals surface area contributed by atoms with Crippen LogP contribution in [0, 0.1) is 0 Å². The van der Waals surface area contributed by atoms with Crippen molar-refractivity contribution < 1.29 is 9.52 Å². The number of aliphatic hydroxyl groups excluding tert-OH is 1. The Morgan fingerprint density at radius 2 is 2.04 bits per heavy atom. The van der Waals surface area contributed by atoms with Crippen molar-refractivity contribution in [3.05, 3.63) is 51.6 Å². The molecule has 0 amide bonds. The maximum absolute atomic E-state index is 9.25. The first kappa shape index (κ1) is 16.1. The monoisotopic (exact) mass is 351 g/mol. The molecule has 1 aromatic carbocycles. The maximum atomic E-state index is 9.25. The normalized spacial score (nSPS) is 11.1. The molecule has 0 atom stereocenters. The minimum Gasteiger partial charge on any atom is -0.437 e. The zero-order chi connectivity index (χ0) is 16.4. The molecule has 2 heterocycles. The van der Waals surface area contributed by atoms with E-state index in [-0.39, 0.29) is 6.61 Å². The van der Waals surface area contributed by atoms with Crippen molar-refractivity contribution in [1.29, 1.82) is 0 Å². The largest absolute Gasteiger partial charge is 0.437 e. The van der Waals surface area contributed by atoms with Crippen molar-refractivity contribution in [2.75, 3.05) is 5.32 Å². The molecule has 7 heteroatoms. The van der Waals surface area contributed by atoms with Crippen LogP contribution in [0.2, 0.25) is 10.0 Å². The fourth-order valence-corrected chi connectivity index (χ4v) is 2.71. The minimum absolute atomic E-state index is 0.0639. The number of fused-ring (bicyclic) bond motifs is 1. The number of rotatable bonds is 5. The average molecular weight is 352 g/mol. The first-order valence-electron chi connectivity index (χ1n) is 7.18. The number of benzene rings is 1. The van der Waals surface area contributed by atoms with Gasteiger partial charge in [-0.2, -0.15) is 0 Å². The summed E-state index contributed by atoms with van der Waals surface area (Å²) in [6, 6.07) is 5.33. The number of nitrogens with zero attached hydrogens (tertiary/aromatic N) is 2. The molecule has 0 aliphatic carbocycles. The van der Waals surface area contributed by atoms with Crippen molar-refractivity contribution in [3.8, 4) is 0 Å². The minimum atomic E-state index is -0.0639. The number of aliphatic hydroxyl groups is 1. The van der Waals surface area contributed by atoms with Gasteiger partial charge in [-0.15, -0.1) is 0 Å². The molecule has 3 aromatic rings. The molecule has 0 spiro atoms. The van der Waals surface area contributed by atoms with Crippen LogP contribution in [0.15, 0.2) is 28.8 Å². The lowest BCUT2D eigenvalue weighted by molar-refractivity contribution is 0.275. The molecule has 0 aliphatic rings. The second kappa shape index (κ2) is 6.74. The van der Waals surface area contributed by atoms with Gasteiger partial charge in [0.2, 0.25) is 5.89 Å². The summed E-state index contributed by atoms with van der Waals surface area (Å²) in [6.07, 6.45) is 2.47. The van der Waals surface area contributed by atoms with E-state index in [2.05, 4.69) is 15.3 Å². The predicted molar refractivity (Wildman–Crippen MR) is 90.9 cm³/mol. The number of oxazole rings is 1. The van der Waals surface area contributed by atoms with Crippen LogP contribution in [-0.4, -0.2) is 15.1 Å². The van der Waals surface area contributed by atoms with Crippen molar-refractivity contribution >= 4 is 40.0 Å². The number of halogens is 2. The van der Waals surface area contributed by atoms with Gasteiger partial charge in [0.25, 0.3) is 0 Å². The number of nitrogens with one attached hydrogen (secondary N) is 1. The number of hydrogen-bond acceptors (Lipinski definition) is 5. The van der Waals surface area contributed by atoms with E-state index < -0.39 is 0 Å². The van der Waals surface area contributed by atoms with Crippen molar-refractivity contribution in [2.24, 2.45) is 0 Å². The van der Waals surface area contributed by atoms with Gasteiger partial charge in [-0.25, -0.2) is 4.98 Å². The van der Waals surface area contributed by atoms with E-state index in [0.717, 1.165) is 17.7 Å².